The average molecular weight is 232 g/mol. The zero-order valence-corrected chi connectivity index (χ0v) is 9.70. The quantitative estimate of drug-likeness (QED) is 0.220. The molecule has 6 heteroatoms. The number of rotatable bonds is 4. The number of Topliss-reactive ketones (excluding diaryl/α,β-unsaturated/α-hetero) is 1. The van der Waals surface area contributed by atoms with Crippen molar-refractivity contribution in [3.8, 4) is 0 Å². The number of ketones is 2. The predicted octanol–water partition coefficient (Wildman–Crippen LogP) is -0.198. The molecule has 0 bridgehead atoms. The molecule has 0 spiro atoms. The number of hydrogen-bond acceptors (Lipinski definition) is 5. The Morgan fingerprint density at radius 1 is 1.12 bits per heavy atom. The van der Waals surface area contributed by atoms with Crippen molar-refractivity contribution in [3.63, 3.8) is 0 Å². The molecule has 0 aromatic rings. The molecule has 0 saturated heterocycles. The molecule has 16 heavy (non-hydrogen) atoms. The Kier molecular flexibility index (Phi) is 7.04. The first-order valence-corrected chi connectivity index (χ1v) is 4.29. The maximum absolute atomic E-state index is 11.1. The van der Waals surface area contributed by atoms with Gasteiger partial charge in [-0.05, 0) is 20.8 Å². The second-order valence-corrected chi connectivity index (χ2v) is 3.73. The van der Waals surface area contributed by atoms with Crippen molar-refractivity contribution in [2.24, 2.45) is 0 Å². The summed E-state index contributed by atoms with van der Waals surface area (Å²) < 4.78 is 9.15. The highest BCUT2D eigenvalue weighted by Gasteiger charge is 2.26. The lowest BCUT2D eigenvalue weighted by molar-refractivity contribution is -0.163. The first-order valence-electron chi connectivity index (χ1n) is 4.29. The third-order valence-electron chi connectivity index (χ3n) is 1.16. The molecule has 0 amide bonds. The zero-order valence-electron chi connectivity index (χ0n) is 9.70. The fraction of sp³-hybridized carbons (Fsp3) is 0.500. The summed E-state index contributed by atoms with van der Waals surface area (Å²) in [6.45, 7) is 4.81. The van der Waals surface area contributed by atoms with E-state index in [9.17, 15) is 14.4 Å². The summed E-state index contributed by atoms with van der Waals surface area (Å²) >= 11 is 0. The molecular weight excluding hydrogens is 216 g/mol. The van der Waals surface area contributed by atoms with Crippen molar-refractivity contribution in [2.45, 2.75) is 26.4 Å². The first kappa shape index (κ1) is 16.7. The summed E-state index contributed by atoms with van der Waals surface area (Å²) in [6, 6.07) is 0. The van der Waals surface area contributed by atoms with Gasteiger partial charge in [0.05, 0.1) is 13.4 Å². The largest absolute Gasteiger partial charge is 0.504 e. The Morgan fingerprint density at radius 2 is 1.62 bits per heavy atom. The lowest BCUT2D eigenvalue weighted by Gasteiger charge is -2.18. The Balaban J connectivity index is 0. The van der Waals surface area contributed by atoms with Crippen LogP contribution in [0.25, 0.3) is 0 Å². The Morgan fingerprint density at radius 3 is 2.00 bits per heavy atom. The van der Waals surface area contributed by atoms with E-state index in [0.717, 1.165) is 12.3 Å². The minimum absolute atomic E-state index is 0. The van der Waals surface area contributed by atoms with E-state index in [-0.39, 0.29) is 5.48 Å². The molecule has 0 atom stereocenters. The number of esters is 1. The number of ether oxygens (including phenoxy) is 2. The summed E-state index contributed by atoms with van der Waals surface area (Å²) in [7, 11) is 1.32. The SMILES string of the molecule is CO/C=C/C(=O)C(=O)C(=O)OC(C)(C)C.O. The Labute approximate surface area is 93.5 Å². The Bertz CT molecular complexity index is 297. The van der Waals surface area contributed by atoms with Gasteiger partial charge in [0, 0.05) is 6.08 Å². The van der Waals surface area contributed by atoms with E-state index in [1.807, 2.05) is 0 Å². The fourth-order valence-electron chi connectivity index (χ4n) is 0.631. The van der Waals surface area contributed by atoms with Crippen LogP contribution in [-0.2, 0) is 23.9 Å². The number of carbonyl (C=O) groups is 3. The van der Waals surface area contributed by atoms with Gasteiger partial charge in [-0.1, -0.05) is 0 Å². The molecule has 0 rings (SSSR count). The molecule has 0 aromatic heterocycles. The summed E-state index contributed by atoms with van der Waals surface area (Å²) in [6.07, 6.45) is 1.89. The molecule has 0 unspecified atom stereocenters. The third-order valence-corrected chi connectivity index (χ3v) is 1.16. The van der Waals surface area contributed by atoms with Crippen molar-refractivity contribution >= 4 is 17.5 Å². The van der Waals surface area contributed by atoms with E-state index >= 15 is 0 Å². The minimum Gasteiger partial charge on any atom is -0.504 e. The van der Waals surface area contributed by atoms with Crippen LogP contribution in [0.2, 0.25) is 0 Å². The van der Waals surface area contributed by atoms with Gasteiger partial charge in [-0.15, -0.1) is 0 Å². The standard InChI is InChI=1S/C10H14O5.H2O/c1-10(2,3)15-9(13)8(12)7(11)5-6-14-4;/h5-6H,1-4H3;1H2/b6-5+;. The van der Waals surface area contributed by atoms with Crippen LogP contribution in [0.3, 0.4) is 0 Å². The van der Waals surface area contributed by atoms with Gasteiger partial charge >= 0.3 is 11.8 Å². The van der Waals surface area contributed by atoms with E-state index in [1.165, 1.54) is 7.11 Å². The van der Waals surface area contributed by atoms with Gasteiger partial charge in [-0.3, -0.25) is 9.59 Å². The van der Waals surface area contributed by atoms with Crippen molar-refractivity contribution in [1.29, 1.82) is 0 Å². The maximum Gasteiger partial charge on any atom is 0.383 e. The van der Waals surface area contributed by atoms with Crippen LogP contribution in [0.5, 0.6) is 0 Å². The van der Waals surface area contributed by atoms with Crippen LogP contribution < -0.4 is 0 Å². The summed E-state index contributed by atoms with van der Waals surface area (Å²) in [5.41, 5.74) is -0.794. The van der Waals surface area contributed by atoms with E-state index in [1.54, 1.807) is 20.8 Å². The lowest BCUT2D eigenvalue weighted by Crippen LogP contribution is -2.32. The smallest absolute Gasteiger partial charge is 0.383 e. The third kappa shape index (κ3) is 6.72. The highest BCUT2D eigenvalue weighted by Crippen LogP contribution is 2.07. The van der Waals surface area contributed by atoms with Crippen LogP contribution in [0.15, 0.2) is 12.3 Å². The van der Waals surface area contributed by atoms with E-state index in [4.69, 9.17) is 4.74 Å². The molecule has 2 N–H and O–H groups in total. The molecular formula is C10H16O6. The van der Waals surface area contributed by atoms with Crippen molar-refractivity contribution in [1.82, 2.24) is 0 Å². The molecule has 0 aromatic carbocycles. The zero-order chi connectivity index (χ0) is 12.1. The van der Waals surface area contributed by atoms with Crippen LogP contribution >= 0.6 is 0 Å². The normalized spacial score (nSPS) is 10.5. The highest BCUT2D eigenvalue weighted by molar-refractivity contribution is 6.64. The molecule has 0 fully saturated rings. The minimum atomic E-state index is -1.21. The van der Waals surface area contributed by atoms with Crippen LogP contribution in [0.4, 0.5) is 0 Å². The van der Waals surface area contributed by atoms with Crippen LogP contribution in [0.1, 0.15) is 20.8 Å². The van der Waals surface area contributed by atoms with Gasteiger partial charge in [0.25, 0.3) is 0 Å². The fourth-order valence-corrected chi connectivity index (χ4v) is 0.631. The highest BCUT2D eigenvalue weighted by atomic mass is 16.6. The van der Waals surface area contributed by atoms with Gasteiger partial charge in [-0.25, -0.2) is 4.79 Å². The van der Waals surface area contributed by atoms with E-state index in [0.29, 0.717) is 0 Å². The number of carbonyl (C=O) groups excluding carboxylic acids is 3. The predicted molar refractivity (Wildman–Crippen MR) is 55.6 cm³/mol. The van der Waals surface area contributed by atoms with Gasteiger partial charge < -0.3 is 14.9 Å². The lowest BCUT2D eigenvalue weighted by atomic mass is 10.2. The van der Waals surface area contributed by atoms with Crippen molar-refractivity contribution < 1.29 is 29.3 Å². The molecule has 0 aliphatic rings. The van der Waals surface area contributed by atoms with Gasteiger partial charge in [0.2, 0.25) is 5.78 Å². The molecule has 0 aliphatic carbocycles. The van der Waals surface area contributed by atoms with E-state index in [2.05, 4.69) is 4.74 Å². The summed E-state index contributed by atoms with van der Waals surface area (Å²) in [5, 5.41) is 0. The number of hydrogen-bond donors (Lipinski definition) is 0. The monoisotopic (exact) mass is 232 g/mol. The molecule has 92 valence electrons. The van der Waals surface area contributed by atoms with Gasteiger partial charge in [0.15, 0.2) is 0 Å². The van der Waals surface area contributed by atoms with Crippen molar-refractivity contribution in [2.75, 3.05) is 7.11 Å². The van der Waals surface area contributed by atoms with Crippen molar-refractivity contribution in [3.05, 3.63) is 12.3 Å². The topological polar surface area (TPSA) is 101 Å². The molecule has 0 heterocycles. The van der Waals surface area contributed by atoms with Crippen LogP contribution in [-0.4, -0.2) is 35.7 Å². The maximum atomic E-state index is 11.1. The first-order chi connectivity index (χ1) is 6.78. The molecule has 0 aliphatic heterocycles. The molecule has 0 saturated carbocycles. The molecule has 0 radical (unpaired) electrons. The average Bonchev–Trinajstić information content (AvgIpc) is 2.10. The second kappa shape index (κ2) is 6.73. The second-order valence-electron chi connectivity index (χ2n) is 3.73. The number of allylic oxidation sites excluding steroid dienone is 1. The summed E-state index contributed by atoms with van der Waals surface area (Å²) in [5.74, 6) is -3.34. The Hall–Kier alpha value is -1.69. The van der Waals surface area contributed by atoms with Crippen LogP contribution in [0, 0.1) is 0 Å². The molecule has 6 nitrogen and oxygen atoms in total. The van der Waals surface area contributed by atoms with Gasteiger partial charge in [0.1, 0.15) is 5.60 Å². The van der Waals surface area contributed by atoms with E-state index < -0.39 is 23.1 Å². The van der Waals surface area contributed by atoms with Gasteiger partial charge in [-0.2, -0.15) is 0 Å². The summed E-state index contributed by atoms with van der Waals surface area (Å²) in [4.78, 5) is 33.2. The number of methoxy groups -OCH3 is 1.